The monoisotopic (exact) mass is 282 g/mol. The van der Waals surface area contributed by atoms with Crippen LogP contribution < -0.4 is 5.32 Å². The number of nitrogens with zero attached hydrogens (tertiary/aromatic N) is 4. The molecular formula is C14H14N6O. The Morgan fingerprint density at radius 2 is 2.24 bits per heavy atom. The van der Waals surface area contributed by atoms with E-state index in [-0.39, 0.29) is 6.04 Å². The van der Waals surface area contributed by atoms with Crippen LogP contribution in [0.3, 0.4) is 0 Å². The lowest BCUT2D eigenvalue weighted by Gasteiger charge is -2.19. The summed E-state index contributed by atoms with van der Waals surface area (Å²) in [6, 6.07) is 5.74. The Morgan fingerprint density at radius 1 is 1.29 bits per heavy atom. The van der Waals surface area contributed by atoms with Gasteiger partial charge in [-0.1, -0.05) is 11.2 Å². The molecule has 7 nitrogen and oxygen atoms in total. The van der Waals surface area contributed by atoms with Gasteiger partial charge in [-0.3, -0.25) is 5.32 Å². The minimum Gasteiger partial charge on any atom is -0.347 e. The van der Waals surface area contributed by atoms with Crippen molar-refractivity contribution < 1.29 is 4.52 Å². The van der Waals surface area contributed by atoms with E-state index in [9.17, 15) is 0 Å². The predicted molar refractivity (Wildman–Crippen MR) is 74.1 cm³/mol. The van der Waals surface area contributed by atoms with Crippen LogP contribution in [0.4, 0.5) is 0 Å². The van der Waals surface area contributed by atoms with Gasteiger partial charge < -0.3 is 9.51 Å². The molecule has 0 saturated carbocycles. The number of hydrogen-bond donors (Lipinski definition) is 2. The first-order chi connectivity index (χ1) is 10.3. The first kappa shape index (κ1) is 12.2. The Morgan fingerprint density at radius 3 is 3.14 bits per heavy atom. The van der Waals surface area contributed by atoms with Gasteiger partial charge in [-0.05, 0) is 19.1 Å². The molecule has 21 heavy (non-hydrogen) atoms. The fraction of sp³-hybridized carbons (Fsp3) is 0.286. The van der Waals surface area contributed by atoms with Gasteiger partial charge in [-0.25, -0.2) is 9.97 Å². The van der Waals surface area contributed by atoms with Crippen LogP contribution in [0.25, 0.3) is 11.5 Å². The van der Waals surface area contributed by atoms with Crippen molar-refractivity contribution in [3.8, 4) is 11.5 Å². The summed E-state index contributed by atoms with van der Waals surface area (Å²) >= 11 is 0. The van der Waals surface area contributed by atoms with Crippen LogP contribution in [0.2, 0.25) is 0 Å². The summed E-state index contributed by atoms with van der Waals surface area (Å²) in [5, 5.41) is 7.40. The van der Waals surface area contributed by atoms with E-state index >= 15 is 0 Å². The molecule has 0 bridgehead atoms. The molecule has 0 aliphatic carbocycles. The Balaban J connectivity index is 1.61. The quantitative estimate of drug-likeness (QED) is 0.741. The molecule has 0 saturated heterocycles. The van der Waals surface area contributed by atoms with Gasteiger partial charge in [0, 0.05) is 18.7 Å². The maximum atomic E-state index is 5.39. The maximum absolute atomic E-state index is 5.39. The Kier molecular flexibility index (Phi) is 2.78. The molecule has 1 aliphatic heterocycles. The molecule has 1 unspecified atom stereocenters. The topological polar surface area (TPSA) is 92.5 Å². The lowest BCUT2D eigenvalue weighted by Crippen LogP contribution is -2.28. The number of H-pyrrole nitrogens is 1. The van der Waals surface area contributed by atoms with Crippen molar-refractivity contribution in [1.29, 1.82) is 0 Å². The lowest BCUT2D eigenvalue weighted by molar-refractivity contribution is 0.319. The third-order valence-electron chi connectivity index (χ3n) is 3.59. The standard InChI is InChI=1S/C14H14N6O/c1-8-3-2-4-9(18-8)13-19-14(21-20-13)11-5-10-12(6-15-11)17-7-16-10/h2-4,7,11,15H,5-6H2,1H3,(H,16,17). The van der Waals surface area contributed by atoms with Gasteiger partial charge in [0.2, 0.25) is 11.7 Å². The number of hydrogen-bond acceptors (Lipinski definition) is 6. The van der Waals surface area contributed by atoms with Crippen molar-refractivity contribution >= 4 is 0 Å². The molecule has 1 aliphatic rings. The molecule has 0 spiro atoms. The third kappa shape index (κ3) is 2.21. The zero-order valence-corrected chi connectivity index (χ0v) is 11.5. The smallest absolute Gasteiger partial charge is 0.244 e. The number of aromatic amines is 1. The van der Waals surface area contributed by atoms with E-state index in [1.165, 1.54) is 0 Å². The maximum Gasteiger partial charge on any atom is 0.244 e. The fourth-order valence-corrected chi connectivity index (χ4v) is 2.49. The second-order valence-corrected chi connectivity index (χ2v) is 5.09. The van der Waals surface area contributed by atoms with Crippen LogP contribution in [0.15, 0.2) is 29.0 Å². The van der Waals surface area contributed by atoms with Crippen LogP contribution in [0.1, 0.15) is 29.0 Å². The third-order valence-corrected chi connectivity index (χ3v) is 3.59. The molecule has 3 aromatic rings. The molecule has 0 fully saturated rings. The number of pyridine rings is 1. The molecule has 7 heteroatoms. The highest BCUT2D eigenvalue weighted by Crippen LogP contribution is 2.24. The van der Waals surface area contributed by atoms with Crippen molar-refractivity contribution in [2.45, 2.75) is 25.9 Å². The molecule has 3 aromatic heterocycles. The van der Waals surface area contributed by atoms with E-state index in [0.717, 1.165) is 35.7 Å². The zero-order valence-electron chi connectivity index (χ0n) is 11.5. The zero-order chi connectivity index (χ0) is 14.2. The summed E-state index contributed by atoms with van der Waals surface area (Å²) in [7, 11) is 0. The number of rotatable bonds is 2. The molecule has 0 amide bonds. The summed E-state index contributed by atoms with van der Waals surface area (Å²) in [6.45, 7) is 2.66. The number of aromatic nitrogens is 5. The highest BCUT2D eigenvalue weighted by molar-refractivity contribution is 5.48. The lowest BCUT2D eigenvalue weighted by atomic mass is 10.1. The predicted octanol–water partition coefficient (Wildman–Crippen LogP) is 1.55. The van der Waals surface area contributed by atoms with E-state index in [2.05, 4.69) is 30.4 Å². The van der Waals surface area contributed by atoms with Crippen molar-refractivity contribution in [3.63, 3.8) is 0 Å². The van der Waals surface area contributed by atoms with Crippen molar-refractivity contribution in [1.82, 2.24) is 30.4 Å². The van der Waals surface area contributed by atoms with Crippen molar-refractivity contribution in [2.24, 2.45) is 0 Å². The molecular weight excluding hydrogens is 268 g/mol. The number of nitrogens with one attached hydrogen (secondary N) is 2. The number of imidazole rings is 1. The van der Waals surface area contributed by atoms with Crippen LogP contribution >= 0.6 is 0 Å². The van der Waals surface area contributed by atoms with Gasteiger partial charge in [0.1, 0.15) is 5.69 Å². The molecule has 0 radical (unpaired) electrons. The first-order valence-corrected chi connectivity index (χ1v) is 6.82. The van der Waals surface area contributed by atoms with Gasteiger partial charge in [0.15, 0.2) is 0 Å². The van der Waals surface area contributed by atoms with E-state index in [0.29, 0.717) is 11.7 Å². The molecule has 106 valence electrons. The Hall–Kier alpha value is -2.54. The van der Waals surface area contributed by atoms with E-state index in [1.54, 1.807) is 6.33 Å². The van der Waals surface area contributed by atoms with Gasteiger partial charge in [0.05, 0.1) is 23.8 Å². The van der Waals surface area contributed by atoms with Gasteiger partial charge in [-0.2, -0.15) is 4.98 Å². The van der Waals surface area contributed by atoms with E-state index in [1.807, 2.05) is 25.1 Å². The normalized spacial score (nSPS) is 17.7. The summed E-state index contributed by atoms with van der Waals surface area (Å²) < 4.78 is 5.39. The number of fused-ring (bicyclic) bond motifs is 1. The van der Waals surface area contributed by atoms with Crippen LogP contribution in [-0.4, -0.2) is 25.1 Å². The number of aryl methyl sites for hydroxylation is 1. The highest BCUT2D eigenvalue weighted by atomic mass is 16.5. The van der Waals surface area contributed by atoms with Crippen LogP contribution in [-0.2, 0) is 13.0 Å². The Bertz CT molecular complexity index is 777. The van der Waals surface area contributed by atoms with Crippen LogP contribution in [0.5, 0.6) is 0 Å². The van der Waals surface area contributed by atoms with Gasteiger partial charge >= 0.3 is 0 Å². The Labute approximate surface area is 120 Å². The molecule has 4 rings (SSSR count). The average Bonchev–Trinajstić information content (AvgIpc) is 3.15. The van der Waals surface area contributed by atoms with Crippen molar-refractivity contribution in [2.75, 3.05) is 0 Å². The first-order valence-electron chi connectivity index (χ1n) is 6.82. The second-order valence-electron chi connectivity index (χ2n) is 5.09. The molecule has 0 aromatic carbocycles. The minimum atomic E-state index is -0.00754. The average molecular weight is 282 g/mol. The molecule has 1 atom stereocenters. The fourth-order valence-electron chi connectivity index (χ4n) is 2.49. The van der Waals surface area contributed by atoms with Crippen molar-refractivity contribution in [3.05, 3.63) is 47.5 Å². The summed E-state index contributed by atoms with van der Waals surface area (Å²) in [6.07, 6.45) is 2.45. The van der Waals surface area contributed by atoms with Gasteiger partial charge in [0.25, 0.3) is 0 Å². The SMILES string of the molecule is Cc1cccc(-c2noc(C3Cc4nc[nH]c4CN3)n2)n1. The second kappa shape index (κ2) is 4.78. The van der Waals surface area contributed by atoms with E-state index < -0.39 is 0 Å². The summed E-state index contributed by atoms with van der Waals surface area (Å²) in [5.74, 6) is 1.09. The van der Waals surface area contributed by atoms with E-state index in [4.69, 9.17) is 4.52 Å². The highest BCUT2D eigenvalue weighted by Gasteiger charge is 2.26. The van der Waals surface area contributed by atoms with Gasteiger partial charge in [-0.15, -0.1) is 0 Å². The molecule has 2 N–H and O–H groups in total. The summed E-state index contributed by atoms with van der Waals surface area (Å²) in [5.41, 5.74) is 3.82. The molecule has 4 heterocycles. The minimum absolute atomic E-state index is 0.00754. The van der Waals surface area contributed by atoms with Crippen LogP contribution in [0, 0.1) is 6.92 Å². The summed E-state index contributed by atoms with van der Waals surface area (Å²) in [4.78, 5) is 16.3. The largest absolute Gasteiger partial charge is 0.347 e.